The van der Waals surface area contributed by atoms with Crippen LogP contribution < -0.4 is 0 Å². The Hall–Kier alpha value is -2.48. The third-order valence-corrected chi connectivity index (χ3v) is 2.56. The molecule has 0 bridgehead atoms. The standard InChI is InChI=1S/C10H7ClN4O4/c11-8-4-7(15(18)19)1-2-9(8)14-5-6(12-13-14)3-10(16)17/h1-2,4-5H,3H2,(H,16,17). The minimum atomic E-state index is -1.03. The van der Waals surface area contributed by atoms with Crippen LogP contribution in [-0.4, -0.2) is 31.0 Å². The molecule has 2 rings (SSSR count). The molecule has 0 aliphatic heterocycles. The van der Waals surface area contributed by atoms with Gasteiger partial charge in [-0.15, -0.1) is 5.10 Å². The molecule has 1 aromatic heterocycles. The van der Waals surface area contributed by atoms with Crippen molar-refractivity contribution in [1.82, 2.24) is 15.0 Å². The molecule has 0 fully saturated rings. The molecular weight excluding hydrogens is 276 g/mol. The number of carboxylic acid groups (broad SMARTS) is 1. The fraction of sp³-hybridized carbons (Fsp3) is 0.100. The van der Waals surface area contributed by atoms with Gasteiger partial charge in [0, 0.05) is 12.1 Å². The number of carboxylic acids is 1. The van der Waals surface area contributed by atoms with Crippen molar-refractivity contribution < 1.29 is 14.8 Å². The highest BCUT2D eigenvalue weighted by molar-refractivity contribution is 6.32. The summed E-state index contributed by atoms with van der Waals surface area (Å²) in [6, 6.07) is 3.88. The Labute approximate surface area is 111 Å². The van der Waals surface area contributed by atoms with Crippen LogP contribution in [0.15, 0.2) is 24.4 Å². The summed E-state index contributed by atoms with van der Waals surface area (Å²) in [6.45, 7) is 0. The van der Waals surface area contributed by atoms with Gasteiger partial charge in [-0.25, -0.2) is 4.68 Å². The van der Waals surface area contributed by atoms with Gasteiger partial charge in [-0.2, -0.15) is 0 Å². The van der Waals surface area contributed by atoms with Crippen LogP contribution in [0.2, 0.25) is 5.02 Å². The normalized spacial score (nSPS) is 10.4. The van der Waals surface area contributed by atoms with Crippen LogP contribution in [0.4, 0.5) is 5.69 Å². The Morgan fingerprint density at radius 3 is 2.84 bits per heavy atom. The van der Waals surface area contributed by atoms with Crippen LogP contribution in [0.3, 0.4) is 0 Å². The molecule has 0 spiro atoms. The molecule has 1 heterocycles. The van der Waals surface area contributed by atoms with E-state index >= 15 is 0 Å². The van der Waals surface area contributed by atoms with Crippen molar-refractivity contribution in [3.63, 3.8) is 0 Å². The van der Waals surface area contributed by atoms with Gasteiger partial charge in [-0.3, -0.25) is 14.9 Å². The molecule has 0 saturated carbocycles. The lowest BCUT2D eigenvalue weighted by Crippen LogP contribution is -2.00. The van der Waals surface area contributed by atoms with Crippen molar-refractivity contribution in [3.05, 3.63) is 45.2 Å². The molecule has 8 nitrogen and oxygen atoms in total. The molecule has 0 aliphatic carbocycles. The van der Waals surface area contributed by atoms with Crippen LogP contribution in [0, 0.1) is 10.1 Å². The topological polar surface area (TPSA) is 111 Å². The molecule has 1 aromatic carbocycles. The number of aromatic nitrogens is 3. The lowest BCUT2D eigenvalue weighted by atomic mass is 10.3. The van der Waals surface area contributed by atoms with Crippen LogP contribution in [-0.2, 0) is 11.2 Å². The molecule has 0 unspecified atom stereocenters. The lowest BCUT2D eigenvalue weighted by Gasteiger charge is -2.02. The Morgan fingerprint density at radius 1 is 1.53 bits per heavy atom. The maximum atomic E-state index is 10.6. The van der Waals surface area contributed by atoms with Crippen LogP contribution in [0.5, 0.6) is 0 Å². The van der Waals surface area contributed by atoms with Gasteiger partial charge in [-0.05, 0) is 6.07 Å². The average molecular weight is 283 g/mol. The lowest BCUT2D eigenvalue weighted by molar-refractivity contribution is -0.384. The molecule has 0 aliphatic rings. The van der Waals surface area contributed by atoms with E-state index < -0.39 is 10.9 Å². The third kappa shape index (κ3) is 2.86. The molecule has 0 saturated heterocycles. The summed E-state index contributed by atoms with van der Waals surface area (Å²) in [4.78, 5) is 20.5. The van der Waals surface area contributed by atoms with E-state index in [-0.39, 0.29) is 22.8 Å². The number of benzene rings is 1. The van der Waals surface area contributed by atoms with Crippen molar-refractivity contribution in [2.45, 2.75) is 6.42 Å². The largest absolute Gasteiger partial charge is 0.481 e. The van der Waals surface area contributed by atoms with Gasteiger partial charge in [0.2, 0.25) is 0 Å². The zero-order valence-corrected chi connectivity index (χ0v) is 10.1. The Morgan fingerprint density at radius 2 is 2.26 bits per heavy atom. The summed E-state index contributed by atoms with van der Waals surface area (Å²) in [5.41, 5.74) is 0.512. The Kier molecular flexibility index (Phi) is 3.43. The van der Waals surface area contributed by atoms with E-state index in [4.69, 9.17) is 16.7 Å². The summed E-state index contributed by atoms with van der Waals surface area (Å²) in [5.74, 6) is -1.03. The fourth-order valence-electron chi connectivity index (χ4n) is 1.45. The second-order valence-electron chi connectivity index (χ2n) is 3.62. The number of hydrogen-bond acceptors (Lipinski definition) is 5. The third-order valence-electron chi connectivity index (χ3n) is 2.26. The van der Waals surface area contributed by atoms with E-state index in [1.807, 2.05) is 0 Å². The van der Waals surface area contributed by atoms with Gasteiger partial charge in [0.1, 0.15) is 0 Å². The zero-order chi connectivity index (χ0) is 14.0. The van der Waals surface area contributed by atoms with Gasteiger partial charge in [0.15, 0.2) is 0 Å². The highest BCUT2D eigenvalue weighted by Crippen LogP contribution is 2.25. The van der Waals surface area contributed by atoms with E-state index in [0.29, 0.717) is 5.69 Å². The fourth-order valence-corrected chi connectivity index (χ4v) is 1.71. The van der Waals surface area contributed by atoms with Gasteiger partial charge >= 0.3 is 5.97 Å². The van der Waals surface area contributed by atoms with Gasteiger partial charge < -0.3 is 5.11 Å². The number of nitro groups is 1. The number of hydrogen-bond donors (Lipinski definition) is 1. The van der Waals surface area contributed by atoms with Crippen molar-refractivity contribution in [2.24, 2.45) is 0 Å². The first kappa shape index (κ1) is 13.0. The number of aliphatic carboxylic acids is 1. The highest BCUT2D eigenvalue weighted by Gasteiger charge is 2.13. The van der Waals surface area contributed by atoms with Crippen molar-refractivity contribution in [3.8, 4) is 5.69 Å². The first-order valence-electron chi connectivity index (χ1n) is 5.04. The molecule has 98 valence electrons. The van der Waals surface area contributed by atoms with Gasteiger partial charge in [0.05, 0.1) is 33.9 Å². The average Bonchev–Trinajstić information content (AvgIpc) is 2.76. The quantitative estimate of drug-likeness (QED) is 0.671. The van der Waals surface area contributed by atoms with Crippen LogP contribution in [0.25, 0.3) is 5.69 Å². The van der Waals surface area contributed by atoms with Gasteiger partial charge in [-0.1, -0.05) is 16.8 Å². The molecule has 2 aromatic rings. The highest BCUT2D eigenvalue weighted by atomic mass is 35.5. The van der Waals surface area contributed by atoms with E-state index in [2.05, 4.69) is 10.3 Å². The number of carbonyl (C=O) groups is 1. The van der Waals surface area contributed by atoms with Crippen LogP contribution in [0.1, 0.15) is 5.69 Å². The molecule has 9 heteroatoms. The van der Waals surface area contributed by atoms with E-state index in [9.17, 15) is 14.9 Å². The number of non-ortho nitro benzene ring substituents is 1. The van der Waals surface area contributed by atoms with E-state index in [1.54, 1.807) is 0 Å². The smallest absolute Gasteiger partial charge is 0.309 e. The second kappa shape index (κ2) is 5.02. The first-order valence-corrected chi connectivity index (χ1v) is 5.42. The minimum absolute atomic E-state index is 0.126. The molecule has 19 heavy (non-hydrogen) atoms. The SMILES string of the molecule is O=C(O)Cc1cn(-c2ccc([N+](=O)[O-])cc2Cl)nn1. The van der Waals surface area contributed by atoms with Crippen LogP contribution >= 0.6 is 11.6 Å². The Balaban J connectivity index is 2.34. The number of nitro benzene ring substituents is 1. The summed E-state index contributed by atoms with van der Waals surface area (Å²) in [5, 5.41) is 26.7. The van der Waals surface area contributed by atoms with Crippen molar-refractivity contribution in [1.29, 1.82) is 0 Å². The molecule has 0 radical (unpaired) electrons. The summed E-state index contributed by atoms with van der Waals surface area (Å²) in [7, 11) is 0. The second-order valence-corrected chi connectivity index (χ2v) is 4.02. The van der Waals surface area contributed by atoms with E-state index in [1.165, 1.54) is 29.1 Å². The van der Waals surface area contributed by atoms with Gasteiger partial charge in [0.25, 0.3) is 5.69 Å². The monoisotopic (exact) mass is 282 g/mol. The minimum Gasteiger partial charge on any atom is -0.481 e. The van der Waals surface area contributed by atoms with E-state index in [0.717, 1.165) is 0 Å². The maximum Gasteiger partial charge on any atom is 0.309 e. The molecule has 1 N–H and O–H groups in total. The first-order chi connectivity index (χ1) is 8.97. The molecular formula is C10H7ClN4O4. The zero-order valence-electron chi connectivity index (χ0n) is 9.36. The Bertz CT molecular complexity index is 655. The van der Waals surface area contributed by atoms with Crippen molar-refractivity contribution in [2.75, 3.05) is 0 Å². The number of halogens is 1. The summed E-state index contributed by atoms with van der Waals surface area (Å²) >= 11 is 5.91. The summed E-state index contributed by atoms with van der Waals surface area (Å²) in [6.07, 6.45) is 1.14. The predicted octanol–water partition coefficient (Wildman–Crippen LogP) is 1.46. The molecule has 0 atom stereocenters. The maximum absolute atomic E-state index is 10.6. The molecule has 0 amide bonds. The van der Waals surface area contributed by atoms with Crippen molar-refractivity contribution >= 4 is 23.3 Å². The number of nitrogens with zero attached hydrogens (tertiary/aromatic N) is 4. The number of rotatable bonds is 4. The summed E-state index contributed by atoms with van der Waals surface area (Å²) < 4.78 is 1.27. The predicted molar refractivity (Wildman–Crippen MR) is 64.4 cm³/mol.